The standard InChI is InChI=1S/C10H17N5O3S/c1-2-19(17,18)13-8-3-5-15(6-4-8)10(16)9-7-11-14-12-9/h7-8,13H,2-6H2,1H3,(H,11,12,14). The first kappa shape index (κ1) is 13.9. The van der Waals surface area contributed by atoms with Gasteiger partial charge in [0.15, 0.2) is 5.69 Å². The fourth-order valence-electron chi connectivity index (χ4n) is 2.00. The Balaban J connectivity index is 1.88. The van der Waals surface area contributed by atoms with Crippen molar-refractivity contribution in [3.63, 3.8) is 0 Å². The summed E-state index contributed by atoms with van der Waals surface area (Å²) in [5, 5.41) is 9.74. The first-order valence-corrected chi connectivity index (χ1v) is 7.82. The molecule has 0 unspecified atom stereocenters. The number of carbonyl (C=O) groups excluding carboxylic acids is 1. The van der Waals surface area contributed by atoms with Gasteiger partial charge in [0.1, 0.15) is 0 Å². The quantitative estimate of drug-likeness (QED) is 0.765. The Morgan fingerprint density at radius 1 is 1.53 bits per heavy atom. The molecule has 1 amide bonds. The maximum Gasteiger partial charge on any atom is 0.276 e. The molecule has 1 aromatic heterocycles. The van der Waals surface area contributed by atoms with Crippen LogP contribution in [-0.4, -0.2) is 59.5 Å². The van der Waals surface area contributed by atoms with Gasteiger partial charge in [0.25, 0.3) is 5.91 Å². The maximum absolute atomic E-state index is 12.0. The van der Waals surface area contributed by atoms with Gasteiger partial charge in [-0.2, -0.15) is 15.4 Å². The zero-order chi connectivity index (χ0) is 13.9. The molecule has 2 rings (SSSR count). The molecule has 1 aliphatic heterocycles. The molecule has 0 aromatic carbocycles. The summed E-state index contributed by atoms with van der Waals surface area (Å²) in [6.45, 7) is 2.64. The van der Waals surface area contributed by atoms with Gasteiger partial charge in [0.05, 0.1) is 11.9 Å². The van der Waals surface area contributed by atoms with Crippen LogP contribution in [0.4, 0.5) is 0 Å². The van der Waals surface area contributed by atoms with Gasteiger partial charge in [-0.1, -0.05) is 0 Å². The highest BCUT2D eigenvalue weighted by atomic mass is 32.2. The molecule has 2 N–H and O–H groups in total. The van der Waals surface area contributed by atoms with Crippen molar-refractivity contribution in [2.75, 3.05) is 18.8 Å². The third-order valence-corrected chi connectivity index (χ3v) is 4.60. The number of sulfonamides is 1. The van der Waals surface area contributed by atoms with Gasteiger partial charge in [0, 0.05) is 19.1 Å². The number of nitrogens with one attached hydrogen (secondary N) is 2. The van der Waals surface area contributed by atoms with Crippen LogP contribution >= 0.6 is 0 Å². The van der Waals surface area contributed by atoms with Gasteiger partial charge in [-0.15, -0.1) is 0 Å². The smallest absolute Gasteiger partial charge is 0.276 e. The fourth-order valence-corrected chi connectivity index (χ4v) is 2.91. The second kappa shape index (κ2) is 5.66. The van der Waals surface area contributed by atoms with Gasteiger partial charge in [-0.25, -0.2) is 13.1 Å². The lowest BCUT2D eigenvalue weighted by Crippen LogP contribution is -2.46. The Bertz CT molecular complexity index is 519. The molecule has 0 bridgehead atoms. The average Bonchev–Trinajstić information content (AvgIpc) is 2.92. The van der Waals surface area contributed by atoms with E-state index in [4.69, 9.17) is 0 Å². The van der Waals surface area contributed by atoms with Crippen molar-refractivity contribution >= 4 is 15.9 Å². The molecule has 1 aromatic rings. The first-order chi connectivity index (χ1) is 9.02. The van der Waals surface area contributed by atoms with Gasteiger partial charge in [-0.05, 0) is 19.8 Å². The van der Waals surface area contributed by atoms with Crippen molar-refractivity contribution in [3.05, 3.63) is 11.9 Å². The third-order valence-electron chi connectivity index (χ3n) is 3.14. The molecule has 0 radical (unpaired) electrons. The first-order valence-electron chi connectivity index (χ1n) is 6.17. The molecular weight excluding hydrogens is 270 g/mol. The van der Waals surface area contributed by atoms with Gasteiger partial charge >= 0.3 is 0 Å². The summed E-state index contributed by atoms with van der Waals surface area (Å²) in [7, 11) is -3.18. The van der Waals surface area contributed by atoms with Crippen molar-refractivity contribution in [2.24, 2.45) is 0 Å². The molecular formula is C10H17N5O3S. The number of rotatable bonds is 4. The largest absolute Gasteiger partial charge is 0.337 e. The molecule has 2 heterocycles. The van der Waals surface area contributed by atoms with E-state index in [0.717, 1.165) is 0 Å². The van der Waals surface area contributed by atoms with Gasteiger partial charge < -0.3 is 4.90 Å². The Labute approximate surface area is 111 Å². The number of aromatic amines is 1. The number of hydrogen-bond donors (Lipinski definition) is 2. The predicted octanol–water partition coefficient (Wildman–Crippen LogP) is -0.651. The minimum atomic E-state index is -3.18. The van der Waals surface area contributed by atoms with Gasteiger partial charge in [-0.3, -0.25) is 4.79 Å². The minimum absolute atomic E-state index is 0.0745. The SMILES string of the molecule is CCS(=O)(=O)NC1CCN(C(=O)c2cn[nH]n2)CC1. The van der Waals surface area contributed by atoms with E-state index in [2.05, 4.69) is 20.1 Å². The van der Waals surface area contributed by atoms with Crippen LogP contribution in [0.2, 0.25) is 0 Å². The molecule has 1 saturated heterocycles. The van der Waals surface area contributed by atoms with Crippen molar-refractivity contribution in [1.29, 1.82) is 0 Å². The predicted molar refractivity (Wildman–Crippen MR) is 67.9 cm³/mol. The average molecular weight is 287 g/mol. The molecule has 8 nitrogen and oxygen atoms in total. The lowest BCUT2D eigenvalue weighted by atomic mass is 10.1. The molecule has 1 fully saturated rings. The summed E-state index contributed by atoms with van der Waals surface area (Å²) >= 11 is 0. The van der Waals surface area contributed by atoms with Crippen molar-refractivity contribution in [2.45, 2.75) is 25.8 Å². The summed E-state index contributed by atoms with van der Waals surface area (Å²) in [5.74, 6) is -0.101. The minimum Gasteiger partial charge on any atom is -0.337 e. The van der Waals surface area contributed by atoms with Crippen LogP contribution in [0.1, 0.15) is 30.3 Å². The summed E-state index contributed by atoms with van der Waals surface area (Å²) in [4.78, 5) is 13.6. The number of carbonyl (C=O) groups is 1. The van der Waals surface area contributed by atoms with Crippen LogP contribution in [0.15, 0.2) is 6.20 Å². The normalized spacial score (nSPS) is 17.6. The Morgan fingerprint density at radius 2 is 2.21 bits per heavy atom. The molecule has 0 spiro atoms. The molecule has 0 saturated carbocycles. The number of aromatic nitrogens is 3. The number of amides is 1. The molecule has 106 valence electrons. The van der Waals surface area contributed by atoms with Crippen molar-refractivity contribution < 1.29 is 13.2 Å². The number of likely N-dealkylation sites (tertiary alicyclic amines) is 1. The zero-order valence-corrected chi connectivity index (χ0v) is 11.5. The van der Waals surface area contributed by atoms with Crippen LogP contribution in [0.3, 0.4) is 0 Å². The van der Waals surface area contributed by atoms with Crippen LogP contribution in [0, 0.1) is 0 Å². The van der Waals surface area contributed by atoms with E-state index < -0.39 is 10.0 Å². The van der Waals surface area contributed by atoms with E-state index in [1.807, 2.05) is 0 Å². The third kappa shape index (κ3) is 3.51. The van der Waals surface area contributed by atoms with E-state index >= 15 is 0 Å². The highest BCUT2D eigenvalue weighted by Crippen LogP contribution is 2.13. The van der Waals surface area contributed by atoms with E-state index in [1.54, 1.807) is 11.8 Å². The van der Waals surface area contributed by atoms with E-state index in [0.29, 0.717) is 25.9 Å². The molecule has 0 atom stereocenters. The van der Waals surface area contributed by atoms with Crippen molar-refractivity contribution in [1.82, 2.24) is 25.0 Å². The van der Waals surface area contributed by atoms with Crippen molar-refractivity contribution in [3.8, 4) is 0 Å². The number of hydrogen-bond acceptors (Lipinski definition) is 5. The Hall–Kier alpha value is -1.48. The molecule has 19 heavy (non-hydrogen) atoms. The topological polar surface area (TPSA) is 108 Å². The lowest BCUT2D eigenvalue weighted by Gasteiger charge is -2.31. The highest BCUT2D eigenvalue weighted by Gasteiger charge is 2.26. The summed E-state index contributed by atoms with van der Waals surface area (Å²) in [6.07, 6.45) is 2.61. The number of H-pyrrole nitrogens is 1. The van der Waals surface area contributed by atoms with Gasteiger partial charge in [0.2, 0.25) is 10.0 Å². The number of piperidine rings is 1. The second-order valence-electron chi connectivity index (χ2n) is 4.44. The summed E-state index contributed by atoms with van der Waals surface area (Å²) in [6, 6.07) is -0.0914. The fraction of sp³-hybridized carbons (Fsp3) is 0.700. The van der Waals surface area contributed by atoms with Crippen LogP contribution in [-0.2, 0) is 10.0 Å². The highest BCUT2D eigenvalue weighted by molar-refractivity contribution is 7.89. The maximum atomic E-state index is 12.0. The van der Waals surface area contributed by atoms with Crippen LogP contribution < -0.4 is 4.72 Å². The molecule has 0 aliphatic carbocycles. The van der Waals surface area contributed by atoms with E-state index in [1.165, 1.54) is 6.20 Å². The zero-order valence-electron chi connectivity index (χ0n) is 10.7. The lowest BCUT2D eigenvalue weighted by molar-refractivity contribution is 0.0705. The monoisotopic (exact) mass is 287 g/mol. The van der Waals surface area contributed by atoms with E-state index in [-0.39, 0.29) is 23.4 Å². The second-order valence-corrected chi connectivity index (χ2v) is 6.49. The van der Waals surface area contributed by atoms with E-state index in [9.17, 15) is 13.2 Å². The number of nitrogens with zero attached hydrogens (tertiary/aromatic N) is 3. The summed E-state index contributed by atoms with van der Waals surface area (Å²) < 4.78 is 25.6. The molecule has 9 heteroatoms. The Morgan fingerprint density at radius 3 is 2.74 bits per heavy atom. The van der Waals surface area contributed by atoms with Crippen LogP contribution in [0.25, 0.3) is 0 Å². The molecule has 1 aliphatic rings. The van der Waals surface area contributed by atoms with Crippen LogP contribution in [0.5, 0.6) is 0 Å². The Kier molecular flexibility index (Phi) is 4.15. The summed E-state index contributed by atoms with van der Waals surface area (Å²) in [5.41, 5.74) is 0.285.